The summed E-state index contributed by atoms with van der Waals surface area (Å²) in [6.45, 7) is 1.29. The maximum atomic E-state index is 13.2. The second-order valence-corrected chi connectivity index (χ2v) is 5.77. The smallest absolute Gasteiger partial charge is 0.238 e. The van der Waals surface area contributed by atoms with Gasteiger partial charge in [-0.1, -0.05) is 36.4 Å². The molecule has 0 atom stereocenters. The van der Waals surface area contributed by atoms with Crippen molar-refractivity contribution in [3.63, 3.8) is 0 Å². The summed E-state index contributed by atoms with van der Waals surface area (Å²) in [5.74, 6) is 0.206. The van der Waals surface area contributed by atoms with E-state index in [1.807, 2.05) is 47.4 Å². The summed E-state index contributed by atoms with van der Waals surface area (Å²) >= 11 is 0. The fourth-order valence-corrected chi connectivity index (χ4v) is 2.60. The highest BCUT2D eigenvalue weighted by atomic mass is 19.1. The third-order valence-corrected chi connectivity index (χ3v) is 3.68. The number of halogens is 1. The standard InChI is InChI=1S/C20H19FN2O2/c21-17-8-4-9-18(12-17)22-20(24)15-23(14-19-10-5-11-25-19)13-16-6-2-1-3-7-16/h1-12H,13-15H2,(H,22,24). The van der Waals surface area contributed by atoms with Gasteiger partial charge in [0.25, 0.3) is 0 Å². The van der Waals surface area contributed by atoms with Crippen LogP contribution in [-0.2, 0) is 17.9 Å². The molecule has 0 bridgehead atoms. The molecule has 3 aromatic rings. The quantitative estimate of drug-likeness (QED) is 0.707. The van der Waals surface area contributed by atoms with Crippen LogP contribution in [-0.4, -0.2) is 17.4 Å². The van der Waals surface area contributed by atoms with Crippen LogP contribution in [0.1, 0.15) is 11.3 Å². The van der Waals surface area contributed by atoms with Crippen LogP contribution in [0.4, 0.5) is 10.1 Å². The van der Waals surface area contributed by atoms with E-state index in [-0.39, 0.29) is 18.3 Å². The predicted molar refractivity (Wildman–Crippen MR) is 94.3 cm³/mol. The number of hydrogen-bond acceptors (Lipinski definition) is 3. The molecule has 0 radical (unpaired) electrons. The summed E-state index contributed by atoms with van der Waals surface area (Å²) in [4.78, 5) is 14.3. The van der Waals surface area contributed by atoms with Crippen molar-refractivity contribution >= 4 is 11.6 Å². The lowest BCUT2D eigenvalue weighted by molar-refractivity contribution is -0.117. The van der Waals surface area contributed by atoms with E-state index < -0.39 is 0 Å². The maximum Gasteiger partial charge on any atom is 0.238 e. The van der Waals surface area contributed by atoms with Gasteiger partial charge in [0.05, 0.1) is 19.4 Å². The molecule has 1 aromatic heterocycles. The Balaban J connectivity index is 1.66. The number of anilines is 1. The zero-order chi connectivity index (χ0) is 17.5. The molecule has 0 fully saturated rings. The van der Waals surface area contributed by atoms with Crippen LogP contribution < -0.4 is 5.32 Å². The summed E-state index contributed by atoms with van der Waals surface area (Å²) in [5, 5.41) is 2.73. The zero-order valence-electron chi connectivity index (χ0n) is 13.7. The van der Waals surface area contributed by atoms with Gasteiger partial charge in [0, 0.05) is 12.2 Å². The van der Waals surface area contributed by atoms with Gasteiger partial charge in [0.15, 0.2) is 0 Å². The molecule has 25 heavy (non-hydrogen) atoms. The Kier molecular flexibility index (Phi) is 5.59. The van der Waals surface area contributed by atoms with Crippen LogP contribution in [0.2, 0.25) is 0 Å². The molecule has 4 nitrogen and oxygen atoms in total. The van der Waals surface area contributed by atoms with Gasteiger partial charge in [0.1, 0.15) is 11.6 Å². The predicted octanol–water partition coefficient (Wildman–Crippen LogP) is 4.06. The number of nitrogens with one attached hydrogen (secondary N) is 1. The van der Waals surface area contributed by atoms with Gasteiger partial charge in [-0.25, -0.2) is 4.39 Å². The number of benzene rings is 2. The van der Waals surface area contributed by atoms with Crippen molar-refractivity contribution in [3.05, 3.63) is 90.1 Å². The number of carbonyl (C=O) groups excluding carboxylic acids is 1. The fourth-order valence-electron chi connectivity index (χ4n) is 2.60. The Bertz CT molecular complexity index is 804. The first kappa shape index (κ1) is 16.9. The van der Waals surface area contributed by atoms with Crippen molar-refractivity contribution in [2.24, 2.45) is 0 Å². The van der Waals surface area contributed by atoms with Gasteiger partial charge >= 0.3 is 0 Å². The molecular weight excluding hydrogens is 319 g/mol. The van der Waals surface area contributed by atoms with E-state index in [0.717, 1.165) is 11.3 Å². The van der Waals surface area contributed by atoms with Crippen LogP contribution in [0, 0.1) is 5.82 Å². The van der Waals surface area contributed by atoms with E-state index in [1.165, 1.54) is 12.1 Å². The number of carbonyl (C=O) groups is 1. The number of amides is 1. The molecule has 0 aliphatic heterocycles. The first-order valence-corrected chi connectivity index (χ1v) is 8.03. The SMILES string of the molecule is O=C(CN(Cc1ccccc1)Cc1ccco1)Nc1cccc(F)c1. The first-order valence-electron chi connectivity index (χ1n) is 8.03. The molecule has 1 amide bonds. The van der Waals surface area contributed by atoms with Crippen molar-refractivity contribution in [2.45, 2.75) is 13.1 Å². The van der Waals surface area contributed by atoms with Crippen LogP contribution >= 0.6 is 0 Å². The molecule has 0 saturated heterocycles. The lowest BCUT2D eigenvalue weighted by Crippen LogP contribution is -2.32. The van der Waals surface area contributed by atoms with Gasteiger partial charge in [-0.3, -0.25) is 9.69 Å². The van der Waals surface area contributed by atoms with Gasteiger partial charge in [-0.15, -0.1) is 0 Å². The van der Waals surface area contributed by atoms with Gasteiger partial charge in [-0.2, -0.15) is 0 Å². The highest BCUT2D eigenvalue weighted by Crippen LogP contribution is 2.12. The minimum absolute atomic E-state index is 0.173. The van der Waals surface area contributed by atoms with E-state index in [2.05, 4.69) is 5.32 Å². The Morgan fingerprint density at radius 3 is 2.56 bits per heavy atom. The normalized spacial score (nSPS) is 10.8. The molecule has 5 heteroatoms. The monoisotopic (exact) mass is 338 g/mol. The molecular formula is C20H19FN2O2. The van der Waals surface area contributed by atoms with E-state index in [0.29, 0.717) is 18.8 Å². The van der Waals surface area contributed by atoms with E-state index >= 15 is 0 Å². The molecule has 3 rings (SSSR count). The molecule has 0 aliphatic carbocycles. The molecule has 0 saturated carbocycles. The second-order valence-electron chi connectivity index (χ2n) is 5.77. The van der Waals surface area contributed by atoms with E-state index in [4.69, 9.17) is 4.42 Å². The number of nitrogens with zero attached hydrogens (tertiary/aromatic N) is 1. The Labute approximate surface area is 145 Å². The molecule has 0 unspecified atom stereocenters. The van der Waals surface area contributed by atoms with Crippen LogP contribution in [0.3, 0.4) is 0 Å². The summed E-state index contributed by atoms with van der Waals surface area (Å²) in [6, 6.07) is 19.5. The van der Waals surface area contributed by atoms with Gasteiger partial charge < -0.3 is 9.73 Å². The van der Waals surface area contributed by atoms with Crippen molar-refractivity contribution in [3.8, 4) is 0 Å². The molecule has 1 heterocycles. The third-order valence-electron chi connectivity index (χ3n) is 3.68. The highest BCUT2D eigenvalue weighted by molar-refractivity contribution is 5.92. The number of furan rings is 1. The summed E-state index contributed by atoms with van der Waals surface area (Å²) in [5.41, 5.74) is 1.55. The molecule has 0 aliphatic rings. The van der Waals surface area contributed by atoms with Crippen LogP contribution in [0.5, 0.6) is 0 Å². The van der Waals surface area contributed by atoms with Crippen molar-refractivity contribution in [1.82, 2.24) is 4.90 Å². The van der Waals surface area contributed by atoms with Crippen molar-refractivity contribution in [1.29, 1.82) is 0 Å². The highest BCUT2D eigenvalue weighted by Gasteiger charge is 2.14. The molecule has 128 valence electrons. The second kappa shape index (κ2) is 8.26. The van der Waals surface area contributed by atoms with Gasteiger partial charge in [0.2, 0.25) is 5.91 Å². The van der Waals surface area contributed by atoms with Crippen molar-refractivity contribution < 1.29 is 13.6 Å². The topological polar surface area (TPSA) is 45.5 Å². The summed E-state index contributed by atoms with van der Waals surface area (Å²) < 4.78 is 18.6. The average molecular weight is 338 g/mol. The first-order chi connectivity index (χ1) is 12.2. The average Bonchev–Trinajstić information content (AvgIpc) is 3.08. The lowest BCUT2D eigenvalue weighted by Gasteiger charge is -2.21. The van der Waals surface area contributed by atoms with Gasteiger partial charge in [-0.05, 0) is 35.9 Å². The Morgan fingerprint density at radius 2 is 1.84 bits per heavy atom. The van der Waals surface area contributed by atoms with Crippen molar-refractivity contribution in [2.75, 3.05) is 11.9 Å². The Hall–Kier alpha value is -2.92. The largest absolute Gasteiger partial charge is 0.468 e. The number of hydrogen-bond donors (Lipinski definition) is 1. The minimum atomic E-state index is -0.380. The fraction of sp³-hybridized carbons (Fsp3) is 0.150. The molecule has 2 aromatic carbocycles. The summed E-state index contributed by atoms with van der Waals surface area (Å²) in [6.07, 6.45) is 1.61. The zero-order valence-corrected chi connectivity index (χ0v) is 13.7. The Morgan fingerprint density at radius 1 is 1.00 bits per heavy atom. The minimum Gasteiger partial charge on any atom is -0.468 e. The van der Waals surface area contributed by atoms with E-state index in [1.54, 1.807) is 18.4 Å². The third kappa shape index (κ3) is 5.29. The molecule has 1 N–H and O–H groups in total. The van der Waals surface area contributed by atoms with Crippen LogP contribution in [0.25, 0.3) is 0 Å². The summed E-state index contributed by atoms with van der Waals surface area (Å²) in [7, 11) is 0. The maximum absolute atomic E-state index is 13.2. The van der Waals surface area contributed by atoms with Crippen LogP contribution in [0.15, 0.2) is 77.4 Å². The lowest BCUT2D eigenvalue weighted by atomic mass is 10.2. The molecule has 0 spiro atoms. The number of rotatable bonds is 7. The van der Waals surface area contributed by atoms with E-state index in [9.17, 15) is 9.18 Å².